The van der Waals surface area contributed by atoms with Gasteiger partial charge in [-0.3, -0.25) is 0 Å². The Morgan fingerprint density at radius 3 is 2.60 bits per heavy atom. The van der Waals surface area contributed by atoms with Crippen LogP contribution in [0.4, 0.5) is 4.79 Å². The molecule has 5 nitrogen and oxygen atoms in total. The normalized spacial score (nSPS) is 12.7. The molecule has 15 heavy (non-hydrogen) atoms. The van der Waals surface area contributed by atoms with E-state index in [0.29, 0.717) is 0 Å². The Kier molecular flexibility index (Phi) is 4.96. The highest BCUT2D eigenvalue weighted by Gasteiger charge is 2.36. The molecule has 0 rings (SSSR count). The van der Waals surface area contributed by atoms with Crippen molar-refractivity contribution in [3.63, 3.8) is 0 Å². The number of carboxylic acids is 1. The van der Waals surface area contributed by atoms with Gasteiger partial charge in [0.2, 0.25) is 0 Å². The largest absolute Gasteiger partial charge is 0.510 e. The first-order chi connectivity index (χ1) is 6.96. The molecule has 0 aromatic carbocycles. The number of carboxylic acid groups (broad SMARTS) is 1. The lowest BCUT2D eigenvalue weighted by Gasteiger charge is -2.18. The molecular formula is C10H12O5. The van der Waals surface area contributed by atoms with Gasteiger partial charge < -0.3 is 14.6 Å². The number of hydrogen-bond acceptors (Lipinski definition) is 4. The molecule has 5 heteroatoms. The van der Waals surface area contributed by atoms with Crippen LogP contribution < -0.4 is 0 Å². The van der Waals surface area contributed by atoms with E-state index >= 15 is 0 Å². The van der Waals surface area contributed by atoms with E-state index < -0.39 is 17.7 Å². The summed E-state index contributed by atoms with van der Waals surface area (Å²) in [5, 5.41) is 8.78. The Hall–Kier alpha value is -1.96. The summed E-state index contributed by atoms with van der Waals surface area (Å²) in [5.41, 5.74) is -1.88. The molecule has 0 bridgehead atoms. The van der Waals surface area contributed by atoms with E-state index in [2.05, 4.69) is 27.9 Å². The summed E-state index contributed by atoms with van der Waals surface area (Å²) in [6.45, 7) is 5.89. The first kappa shape index (κ1) is 13.0. The number of aliphatic carboxylic acids is 1. The fourth-order valence-corrected chi connectivity index (χ4v) is 0.684. The van der Waals surface area contributed by atoms with E-state index in [4.69, 9.17) is 5.11 Å². The molecule has 1 unspecified atom stereocenters. The maximum Gasteiger partial charge on any atom is 0.510 e. The first-order valence-corrected chi connectivity index (χ1v) is 4.10. The molecule has 1 atom stereocenters. The topological polar surface area (TPSA) is 72.8 Å². The minimum absolute atomic E-state index is 0.0475. The monoisotopic (exact) mass is 212 g/mol. The molecular weight excluding hydrogens is 200 g/mol. The van der Waals surface area contributed by atoms with Crippen molar-refractivity contribution in [3.8, 4) is 11.8 Å². The third-order valence-electron chi connectivity index (χ3n) is 1.38. The van der Waals surface area contributed by atoms with E-state index in [-0.39, 0.29) is 6.61 Å². The van der Waals surface area contributed by atoms with Crippen molar-refractivity contribution in [2.24, 2.45) is 0 Å². The molecule has 0 amide bonds. The zero-order chi connectivity index (χ0) is 11.9. The number of ether oxygens (including phenoxy) is 2. The van der Waals surface area contributed by atoms with Crippen molar-refractivity contribution in [3.05, 3.63) is 12.7 Å². The highest BCUT2D eigenvalue weighted by molar-refractivity contribution is 5.83. The molecule has 0 radical (unpaired) electrons. The predicted molar refractivity (Wildman–Crippen MR) is 52.1 cm³/mol. The standard InChI is InChI=1S/C10H12O5/c1-4-6-10(3,8(11)12)15-9(13)14-7-5-2/h5H,2,7H2,1,3H3,(H,11,12). The fourth-order valence-electron chi connectivity index (χ4n) is 0.684. The number of hydrogen-bond donors (Lipinski definition) is 1. The lowest BCUT2D eigenvalue weighted by atomic mass is 10.1. The quantitative estimate of drug-likeness (QED) is 0.430. The second-order valence-electron chi connectivity index (χ2n) is 2.67. The molecule has 82 valence electrons. The number of carbonyl (C=O) groups excluding carboxylic acids is 1. The first-order valence-electron chi connectivity index (χ1n) is 4.10. The highest BCUT2D eigenvalue weighted by Crippen LogP contribution is 2.10. The summed E-state index contributed by atoms with van der Waals surface area (Å²) in [6.07, 6.45) is 0.243. The Morgan fingerprint density at radius 2 is 2.20 bits per heavy atom. The molecule has 0 aliphatic rings. The van der Waals surface area contributed by atoms with Crippen LogP contribution in [0.5, 0.6) is 0 Å². The fraction of sp³-hybridized carbons (Fsp3) is 0.400. The van der Waals surface area contributed by atoms with Crippen LogP contribution >= 0.6 is 0 Å². The Bertz CT molecular complexity index is 322. The zero-order valence-corrected chi connectivity index (χ0v) is 8.57. The molecule has 0 saturated heterocycles. The van der Waals surface area contributed by atoms with E-state index in [1.807, 2.05) is 0 Å². The molecule has 0 aliphatic carbocycles. The molecule has 0 spiro atoms. The molecule has 0 fully saturated rings. The SMILES string of the molecule is C=CCOC(=O)OC(C)(C#CC)C(=O)O. The second kappa shape index (κ2) is 5.70. The third-order valence-corrected chi connectivity index (χ3v) is 1.38. The summed E-state index contributed by atoms with van der Waals surface area (Å²) in [5.74, 6) is 3.28. The van der Waals surface area contributed by atoms with E-state index in [0.717, 1.165) is 0 Å². The van der Waals surface area contributed by atoms with Crippen molar-refractivity contribution in [2.75, 3.05) is 6.61 Å². The zero-order valence-electron chi connectivity index (χ0n) is 8.57. The molecule has 1 N–H and O–H groups in total. The van der Waals surface area contributed by atoms with Gasteiger partial charge in [0.15, 0.2) is 0 Å². The molecule has 0 aromatic rings. The van der Waals surface area contributed by atoms with Crippen LogP contribution in [0.15, 0.2) is 12.7 Å². The van der Waals surface area contributed by atoms with E-state index in [1.54, 1.807) is 0 Å². The summed E-state index contributed by atoms with van der Waals surface area (Å²) in [7, 11) is 0. The average Bonchev–Trinajstić information content (AvgIpc) is 2.14. The van der Waals surface area contributed by atoms with Gasteiger partial charge in [0.25, 0.3) is 5.60 Å². The van der Waals surface area contributed by atoms with Crippen LogP contribution in [-0.4, -0.2) is 29.4 Å². The number of carbonyl (C=O) groups is 2. The maximum atomic E-state index is 11.0. The van der Waals surface area contributed by atoms with E-state index in [9.17, 15) is 9.59 Å². The van der Waals surface area contributed by atoms with Crippen molar-refractivity contribution in [1.82, 2.24) is 0 Å². The van der Waals surface area contributed by atoms with E-state index in [1.165, 1.54) is 19.9 Å². The van der Waals surface area contributed by atoms with Gasteiger partial charge in [0.05, 0.1) is 0 Å². The van der Waals surface area contributed by atoms with Crippen LogP contribution in [-0.2, 0) is 14.3 Å². The minimum Gasteiger partial charge on any atom is -0.478 e. The van der Waals surface area contributed by atoms with Gasteiger partial charge in [-0.2, -0.15) is 0 Å². The molecule has 0 saturated carbocycles. The van der Waals surface area contributed by atoms with Gasteiger partial charge in [0, 0.05) is 0 Å². The Morgan fingerprint density at radius 1 is 1.60 bits per heavy atom. The smallest absolute Gasteiger partial charge is 0.478 e. The average molecular weight is 212 g/mol. The van der Waals surface area contributed by atoms with Crippen LogP contribution in [0.2, 0.25) is 0 Å². The van der Waals surface area contributed by atoms with Crippen molar-refractivity contribution in [2.45, 2.75) is 19.4 Å². The molecule has 0 aromatic heterocycles. The lowest BCUT2D eigenvalue weighted by molar-refractivity contribution is -0.153. The summed E-state index contributed by atoms with van der Waals surface area (Å²) in [4.78, 5) is 21.7. The highest BCUT2D eigenvalue weighted by atomic mass is 16.7. The summed E-state index contributed by atoms with van der Waals surface area (Å²) < 4.78 is 9.03. The third kappa shape index (κ3) is 4.18. The van der Waals surface area contributed by atoms with Gasteiger partial charge in [0.1, 0.15) is 6.61 Å². The summed E-state index contributed by atoms with van der Waals surface area (Å²) in [6, 6.07) is 0. The van der Waals surface area contributed by atoms with Crippen LogP contribution in [0, 0.1) is 11.8 Å². The summed E-state index contributed by atoms with van der Waals surface area (Å²) >= 11 is 0. The Labute approximate surface area is 87.7 Å². The van der Waals surface area contributed by atoms with Gasteiger partial charge in [-0.15, -0.1) is 5.92 Å². The number of rotatable bonds is 4. The van der Waals surface area contributed by atoms with Crippen LogP contribution in [0.25, 0.3) is 0 Å². The minimum atomic E-state index is -1.88. The van der Waals surface area contributed by atoms with Crippen LogP contribution in [0.3, 0.4) is 0 Å². The van der Waals surface area contributed by atoms with Crippen molar-refractivity contribution in [1.29, 1.82) is 0 Å². The van der Waals surface area contributed by atoms with Gasteiger partial charge in [-0.25, -0.2) is 9.59 Å². The van der Waals surface area contributed by atoms with Crippen molar-refractivity contribution < 1.29 is 24.2 Å². The van der Waals surface area contributed by atoms with Gasteiger partial charge in [-0.05, 0) is 19.8 Å². The van der Waals surface area contributed by atoms with Gasteiger partial charge >= 0.3 is 12.1 Å². The van der Waals surface area contributed by atoms with Crippen LogP contribution in [0.1, 0.15) is 13.8 Å². The maximum absolute atomic E-state index is 11.0. The molecule has 0 aliphatic heterocycles. The second-order valence-corrected chi connectivity index (χ2v) is 2.67. The van der Waals surface area contributed by atoms with Gasteiger partial charge in [-0.1, -0.05) is 12.7 Å². The van der Waals surface area contributed by atoms with Crippen molar-refractivity contribution >= 4 is 12.1 Å². The predicted octanol–water partition coefficient (Wildman–Crippen LogP) is 1.19. The lowest BCUT2D eigenvalue weighted by Crippen LogP contribution is -2.39. The Balaban J connectivity index is 4.53. The molecule has 0 heterocycles.